The Morgan fingerprint density at radius 2 is 2.16 bits per heavy atom. The second-order valence-corrected chi connectivity index (χ2v) is 6.74. The van der Waals surface area contributed by atoms with Gasteiger partial charge in [0.1, 0.15) is 0 Å². The van der Waals surface area contributed by atoms with Crippen molar-refractivity contribution in [3.63, 3.8) is 0 Å². The molecule has 0 aliphatic rings. The van der Waals surface area contributed by atoms with Crippen LogP contribution in [-0.2, 0) is 18.7 Å². The molecule has 0 aromatic carbocycles. The number of aromatic nitrogens is 3. The zero-order valence-electron chi connectivity index (χ0n) is 11.2. The molecule has 2 heterocycles. The first-order valence-corrected chi connectivity index (χ1v) is 8.34. The van der Waals surface area contributed by atoms with E-state index in [4.69, 9.17) is 17.3 Å². The van der Waals surface area contributed by atoms with E-state index in [0.29, 0.717) is 5.13 Å². The van der Waals surface area contributed by atoms with Crippen molar-refractivity contribution < 1.29 is 0 Å². The first-order valence-electron chi connectivity index (χ1n) is 6.16. The van der Waals surface area contributed by atoms with Crippen LogP contribution in [0.15, 0.2) is 4.21 Å². The van der Waals surface area contributed by atoms with E-state index < -0.39 is 0 Å². The maximum atomic E-state index is 6.39. The molecule has 0 aliphatic carbocycles. The molecule has 0 radical (unpaired) electrons. The Bertz CT molecular complexity index is 577. The van der Waals surface area contributed by atoms with Gasteiger partial charge in [-0.3, -0.25) is 4.68 Å². The van der Waals surface area contributed by atoms with Crippen LogP contribution in [0.25, 0.3) is 0 Å². The van der Waals surface area contributed by atoms with Gasteiger partial charge in [0.2, 0.25) is 0 Å². The van der Waals surface area contributed by atoms with Gasteiger partial charge in [-0.25, -0.2) is 4.98 Å². The highest BCUT2D eigenvalue weighted by atomic mass is 35.5. The van der Waals surface area contributed by atoms with E-state index in [2.05, 4.69) is 23.9 Å². The Kier molecular flexibility index (Phi) is 4.76. The zero-order valence-corrected chi connectivity index (χ0v) is 13.6. The number of rotatable bonds is 5. The smallest absolute Gasteiger partial charge is 0.181 e. The predicted molar refractivity (Wildman–Crippen MR) is 83.1 cm³/mol. The highest BCUT2D eigenvalue weighted by molar-refractivity contribution is 8.00. The third-order valence-corrected chi connectivity index (χ3v) is 5.60. The minimum absolute atomic E-state index is 0.615. The summed E-state index contributed by atoms with van der Waals surface area (Å²) in [5, 5.41) is 5.93. The Labute approximate surface area is 126 Å². The summed E-state index contributed by atoms with van der Waals surface area (Å²) < 4.78 is 3.13. The van der Waals surface area contributed by atoms with Crippen molar-refractivity contribution in [3.8, 4) is 0 Å². The fraction of sp³-hybridized carbons (Fsp3) is 0.500. The molecule has 19 heavy (non-hydrogen) atoms. The van der Waals surface area contributed by atoms with E-state index in [-0.39, 0.29) is 0 Å². The summed E-state index contributed by atoms with van der Waals surface area (Å²) in [5.41, 5.74) is 8.75. The van der Waals surface area contributed by atoms with Gasteiger partial charge >= 0.3 is 0 Å². The van der Waals surface area contributed by atoms with Gasteiger partial charge in [0, 0.05) is 12.3 Å². The molecule has 104 valence electrons. The number of nitrogens with zero attached hydrogens (tertiary/aromatic N) is 3. The molecule has 4 nitrogen and oxygen atoms in total. The molecule has 2 rings (SSSR count). The first-order chi connectivity index (χ1) is 9.06. The van der Waals surface area contributed by atoms with Crippen molar-refractivity contribution in [3.05, 3.63) is 22.1 Å². The summed E-state index contributed by atoms with van der Waals surface area (Å²) in [7, 11) is 0. The average Bonchev–Trinajstić information content (AvgIpc) is 2.86. The van der Waals surface area contributed by atoms with Crippen LogP contribution >= 0.6 is 34.7 Å². The van der Waals surface area contributed by atoms with Crippen molar-refractivity contribution >= 4 is 39.8 Å². The van der Waals surface area contributed by atoms with Crippen molar-refractivity contribution in [1.82, 2.24) is 14.8 Å². The fourth-order valence-electron chi connectivity index (χ4n) is 1.83. The maximum absolute atomic E-state index is 6.39. The topological polar surface area (TPSA) is 56.7 Å². The standard InChI is InChI=1S/C12H17ClN4S2/c1-4-8-10(13)9(17(5-2)16-8)6-18-11-7(3)15-12(14)19-11/h4-6H2,1-3H3,(H2,14,15). The Morgan fingerprint density at radius 3 is 2.68 bits per heavy atom. The van der Waals surface area contributed by atoms with Gasteiger partial charge < -0.3 is 5.73 Å². The largest absolute Gasteiger partial charge is 0.375 e. The monoisotopic (exact) mass is 316 g/mol. The zero-order chi connectivity index (χ0) is 14.0. The summed E-state index contributed by atoms with van der Waals surface area (Å²) in [6.07, 6.45) is 0.857. The van der Waals surface area contributed by atoms with Gasteiger partial charge in [-0.15, -0.1) is 11.8 Å². The summed E-state index contributed by atoms with van der Waals surface area (Å²) >= 11 is 9.63. The SMILES string of the molecule is CCc1nn(CC)c(CSc2sc(N)nc2C)c1Cl. The number of anilines is 1. The van der Waals surface area contributed by atoms with Crippen LogP contribution in [0.1, 0.15) is 30.9 Å². The van der Waals surface area contributed by atoms with E-state index in [1.165, 1.54) is 11.3 Å². The van der Waals surface area contributed by atoms with Crippen LogP contribution in [-0.4, -0.2) is 14.8 Å². The molecule has 0 saturated carbocycles. The molecule has 2 aromatic rings. The molecular weight excluding hydrogens is 300 g/mol. The number of hydrogen-bond donors (Lipinski definition) is 1. The van der Waals surface area contributed by atoms with Crippen molar-refractivity contribution in [2.24, 2.45) is 0 Å². The number of thiazole rings is 1. The summed E-state index contributed by atoms with van der Waals surface area (Å²) in [5.74, 6) is 0.794. The predicted octanol–water partition coefficient (Wildman–Crippen LogP) is 3.76. The Balaban J connectivity index is 2.19. The second-order valence-electron chi connectivity index (χ2n) is 4.09. The molecular formula is C12H17ClN4S2. The number of nitrogen functional groups attached to an aromatic ring is 1. The molecule has 2 N–H and O–H groups in total. The fourth-order valence-corrected chi connectivity index (χ4v) is 4.29. The van der Waals surface area contributed by atoms with E-state index in [9.17, 15) is 0 Å². The first kappa shape index (κ1) is 14.7. The van der Waals surface area contributed by atoms with Gasteiger partial charge in [0.05, 0.1) is 26.3 Å². The van der Waals surface area contributed by atoms with E-state index in [1.807, 2.05) is 11.6 Å². The Morgan fingerprint density at radius 1 is 1.42 bits per heavy atom. The maximum Gasteiger partial charge on any atom is 0.181 e. The van der Waals surface area contributed by atoms with Gasteiger partial charge in [-0.2, -0.15) is 5.10 Å². The van der Waals surface area contributed by atoms with Crippen molar-refractivity contribution in [1.29, 1.82) is 0 Å². The minimum Gasteiger partial charge on any atom is -0.375 e. The van der Waals surface area contributed by atoms with Crippen LogP contribution in [0.3, 0.4) is 0 Å². The van der Waals surface area contributed by atoms with Gasteiger partial charge in [-0.1, -0.05) is 29.9 Å². The quantitative estimate of drug-likeness (QED) is 0.853. The van der Waals surface area contributed by atoms with Crippen LogP contribution in [0.4, 0.5) is 5.13 Å². The summed E-state index contributed by atoms with van der Waals surface area (Å²) in [4.78, 5) is 4.23. The average molecular weight is 317 g/mol. The normalized spacial score (nSPS) is 11.2. The molecule has 0 aliphatic heterocycles. The highest BCUT2D eigenvalue weighted by Crippen LogP contribution is 2.35. The Hall–Kier alpha value is -0.720. The van der Waals surface area contributed by atoms with Crippen molar-refractivity contribution in [2.75, 3.05) is 5.73 Å². The van der Waals surface area contributed by atoms with Crippen LogP contribution in [0.2, 0.25) is 5.02 Å². The number of thioether (sulfide) groups is 1. The number of halogens is 1. The molecule has 0 amide bonds. The summed E-state index contributed by atoms with van der Waals surface area (Å²) in [6, 6.07) is 0. The number of nitrogens with two attached hydrogens (primary N) is 1. The highest BCUT2D eigenvalue weighted by Gasteiger charge is 2.15. The van der Waals surface area contributed by atoms with E-state index >= 15 is 0 Å². The van der Waals surface area contributed by atoms with Crippen molar-refractivity contribution in [2.45, 2.75) is 43.7 Å². The lowest BCUT2D eigenvalue weighted by molar-refractivity contribution is 0.628. The second kappa shape index (κ2) is 6.15. The number of hydrogen-bond acceptors (Lipinski definition) is 5. The minimum atomic E-state index is 0.615. The third-order valence-electron chi connectivity index (χ3n) is 2.80. The molecule has 0 unspecified atom stereocenters. The summed E-state index contributed by atoms with van der Waals surface area (Å²) in [6.45, 7) is 6.96. The van der Waals surface area contributed by atoms with Gasteiger partial charge in [0.15, 0.2) is 5.13 Å². The molecule has 0 spiro atoms. The van der Waals surface area contributed by atoms with E-state index in [0.717, 1.165) is 45.0 Å². The lowest BCUT2D eigenvalue weighted by atomic mass is 10.3. The van der Waals surface area contributed by atoms with Gasteiger partial charge in [0.25, 0.3) is 0 Å². The molecule has 0 atom stereocenters. The molecule has 0 saturated heterocycles. The lowest BCUT2D eigenvalue weighted by Crippen LogP contribution is -2.01. The lowest BCUT2D eigenvalue weighted by Gasteiger charge is -2.04. The van der Waals surface area contributed by atoms with Crippen LogP contribution < -0.4 is 5.73 Å². The number of aryl methyl sites for hydroxylation is 3. The molecule has 7 heteroatoms. The molecule has 2 aromatic heterocycles. The van der Waals surface area contributed by atoms with Crippen LogP contribution in [0.5, 0.6) is 0 Å². The molecule has 0 fully saturated rings. The van der Waals surface area contributed by atoms with E-state index in [1.54, 1.807) is 11.8 Å². The third kappa shape index (κ3) is 3.07. The van der Waals surface area contributed by atoms with Crippen LogP contribution in [0, 0.1) is 6.92 Å². The van der Waals surface area contributed by atoms with Gasteiger partial charge in [-0.05, 0) is 20.3 Å². The molecule has 0 bridgehead atoms.